The molecule has 1 N–H and O–H groups in total. The summed E-state index contributed by atoms with van der Waals surface area (Å²) in [6.45, 7) is 5.47. The van der Waals surface area contributed by atoms with Gasteiger partial charge in [0.1, 0.15) is 12.7 Å². The van der Waals surface area contributed by atoms with Crippen LogP contribution in [-0.2, 0) is 20.9 Å². The molecule has 0 aromatic heterocycles. The summed E-state index contributed by atoms with van der Waals surface area (Å²) in [7, 11) is 0. The van der Waals surface area contributed by atoms with Gasteiger partial charge < -0.3 is 14.6 Å². The third-order valence-electron chi connectivity index (χ3n) is 2.18. The first kappa shape index (κ1) is 14.4. The Labute approximate surface area is 107 Å². The lowest BCUT2D eigenvalue weighted by Gasteiger charge is -2.11. The van der Waals surface area contributed by atoms with E-state index in [0.717, 1.165) is 5.56 Å². The molecule has 0 aliphatic carbocycles. The summed E-state index contributed by atoms with van der Waals surface area (Å²) in [5.41, 5.74) is 1.34. The topological polar surface area (TPSA) is 55.8 Å². The second kappa shape index (κ2) is 7.63. The van der Waals surface area contributed by atoms with Crippen LogP contribution in [0, 0.1) is 0 Å². The van der Waals surface area contributed by atoms with Gasteiger partial charge in [-0.15, -0.1) is 0 Å². The fourth-order valence-electron chi connectivity index (χ4n) is 1.23. The molecule has 0 saturated heterocycles. The highest BCUT2D eigenvalue weighted by Gasteiger charge is 2.09. The molecule has 1 unspecified atom stereocenters. The average molecular weight is 250 g/mol. The minimum absolute atomic E-state index is 0.0829. The average Bonchev–Trinajstić information content (AvgIpc) is 2.37. The monoisotopic (exact) mass is 250 g/mol. The van der Waals surface area contributed by atoms with Gasteiger partial charge in [0.2, 0.25) is 0 Å². The highest BCUT2D eigenvalue weighted by molar-refractivity contribution is 5.86. The molecule has 0 amide bonds. The smallest absolute Gasteiger partial charge is 0.333 e. The van der Waals surface area contributed by atoms with E-state index in [-0.39, 0.29) is 13.2 Å². The molecule has 4 heteroatoms. The predicted octanol–water partition coefficient (Wildman–Crippen LogP) is 1.68. The molecular formula is C14H18O4. The first-order valence-corrected chi connectivity index (χ1v) is 5.72. The van der Waals surface area contributed by atoms with Crippen LogP contribution >= 0.6 is 0 Å². The Morgan fingerprint density at radius 3 is 2.61 bits per heavy atom. The third kappa shape index (κ3) is 5.61. The normalized spacial score (nSPS) is 11.9. The van der Waals surface area contributed by atoms with Crippen LogP contribution in [0.25, 0.3) is 0 Å². The Balaban J connectivity index is 2.16. The van der Waals surface area contributed by atoms with Gasteiger partial charge in [-0.3, -0.25) is 0 Å². The van der Waals surface area contributed by atoms with Crippen LogP contribution in [0.15, 0.2) is 42.5 Å². The molecule has 0 spiro atoms. The maximum Gasteiger partial charge on any atom is 0.333 e. The number of carbonyl (C=O) groups excluding carboxylic acids is 1. The second-order valence-electron chi connectivity index (χ2n) is 4.03. The number of rotatable bonds is 7. The zero-order chi connectivity index (χ0) is 13.4. The quantitative estimate of drug-likeness (QED) is 0.591. The Morgan fingerprint density at radius 2 is 2.00 bits per heavy atom. The summed E-state index contributed by atoms with van der Waals surface area (Å²) in [6, 6.07) is 9.64. The molecule has 98 valence electrons. The summed E-state index contributed by atoms with van der Waals surface area (Å²) < 4.78 is 10.1. The summed E-state index contributed by atoms with van der Waals surface area (Å²) in [5.74, 6) is -0.503. The number of hydrogen-bond acceptors (Lipinski definition) is 4. The van der Waals surface area contributed by atoms with Gasteiger partial charge in [0.15, 0.2) is 0 Å². The van der Waals surface area contributed by atoms with Crippen LogP contribution in [0.2, 0.25) is 0 Å². The highest BCUT2D eigenvalue weighted by Crippen LogP contribution is 2.01. The first-order valence-electron chi connectivity index (χ1n) is 5.72. The highest BCUT2D eigenvalue weighted by atomic mass is 16.5. The van der Waals surface area contributed by atoms with E-state index in [1.165, 1.54) is 0 Å². The van der Waals surface area contributed by atoms with Gasteiger partial charge in [0.25, 0.3) is 0 Å². The second-order valence-corrected chi connectivity index (χ2v) is 4.03. The summed E-state index contributed by atoms with van der Waals surface area (Å²) >= 11 is 0. The largest absolute Gasteiger partial charge is 0.460 e. The van der Waals surface area contributed by atoms with Crippen molar-refractivity contribution in [3.8, 4) is 0 Å². The number of aliphatic hydroxyl groups is 1. The van der Waals surface area contributed by atoms with E-state index < -0.39 is 12.1 Å². The van der Waals surface area contributed by atoms with Crippen molar-refractivity contribution in [1.29, 1.82) is 0 Å². The summed E-state index contributed by atoms with van der Waals surface area (Å²) in [6.07, 6.45) is -0.822. The molecule has 0 aliphatic rings. The maximum atomic E-state index is 11.1. The van der Waals surface area contributed by atoms with E-state index in [1.54, 1.807) is 6.92 Å². The van der Waals surface area contributed by atoms with Gasteiger partial charge in [-0.2, -0.15) is 0 Å². The SMILES string of the molecule is C=C(C)C(=O)OCC(O)COCc1ccccc1. The molecule has 1 atom stereocenters. The molecule has 0 heterocycles. The first-order chi connectivity index (χ1) is 8.59. The number of carbonyl (C=O) groups is 1. The maximum absolute atomic E-state index is 11.1. The fraction of sp³-hybridized carbons (Fsp3) is 0.357. The van der Waals surface area contributed by atoms with Crippen molar-refractivity contribution < 1.29 is 19.4 Å². The van der Waals surface area contributed by atoms with Crippen LogP contribution in [0.3, 0.4) is 0 Å². The lowest BCUT2D eigenvalue weighted by molar-refractivity contribution is -0.143. The number of esters is 1. The van der Waals surface area contributed by atoms with Crippen molar-refractivity contribution in [3.63, 3.8) is 0 Å². The molecule has 18 heavy (non-hydrogen) atoms. The molecular weight excluding hydrogens is 232 g/mol. The number of aliphatic hydroxyl groups excluding tert-OH is 1. The van der Waals surface area contributed by atoms with E-state index in [0.29, 0.717) is 12.2 Å². The van der Waals surface area contributed by atoms with Crippen molar-refractivity contribution in [2.45, 2.75) is 19.6 Å². The van der Waals surface area contributed by atoms with Crippen LogP contribution < -0.4 is 0 Å². The van der Waals surface area contributed by atoms with Crippen LogP contribution in [0.4, 0.5) is 0 Å². The van der Waals surface area contributed by atoms with Crippen LogP contribution in [0.5, 0.6) is 0 Å². The Bertz CT molecular complexity index is 386. The summed E-state index contributed by atoms with van der Waals surface area (Å²) in [5, 5.41) is 9.53. The number of hydrogen-bond donors (Lipinski definition) is 1. The number of ether oxygens (including phenoxy) is 2. The van der Waals surface area contributed by atoms with E-state index in [1.807, 2.05) is 30.3 Å². The minimum Gasteiger partial charge on any atom is -0.460 e. The lowest BCUT2D eigenvalue weighted by Crippen LogP contribution is -2.23. The molecule has 0 bridgehead atoms. The molecule has 0 radical (unpaired) electrons. The Morgan fingerprint density at radius 1 is 1.33 bits per heavy atom. The standard InChI is InChI=1S/C14H18O4/c1-11(2)14(16)18-10-13(15)9-17-8-12-6-4-3-5-7-12/h3-7,13,15H,1,8-10H2,2H3. The Kier molecular flexibility index (Phi) is 6.11. The molecule has 1 aromatic carbocycles. The van der Waals surface area contributed by atoms with E-state index in [4.69, 9.17) is 9.47 Å². The molecule has 1 aromatic rings. The van der Waals surface area contributed by atoms with E-state index in [9.17, 15) is 9.90 Å². The fourth-order valence-corrected chi connectivity index (χ4v) is 1.23. The molecule has 0 fully saturated rings. The molecule has 0 saturated carbocycles. The lowest BCUT2D eigenvalue weighted by atomic mass is 10.2. The van der Waals surface area contributed by atoms with E-state index in [2.05, 4.69) is 6.58 Å². The number of benzene rings is 1. The predicted molar refractivity (Wildman–Crippen MR) is 67.9 cm³/mol. The van der Waals surface area contributed by atoms with Gasteiger partial charge in [-0.05, 0) is 12.5 Å². The Hall–Kier alpha value is -1.65. The van der Waals surface area contributed by atoms with Crippen molar-refractivity contribution >= 4 is 5.97 Å². The van der Waals surface area contributed by atoms with Crippen LogP contribution in [0.1, 0.15) is 12.5 Å². The van der Waals surface area contributed by atoms with Crippen LogP contribution in [-0.4, -0.2) is 30.4 Å². The zero-order valence-electron chi connectivity index (χ0n) is 10.5. The summed E-state index contributed by atoms with van der Waals surface area (Å²) in [4.78, 5) is 11.1. The minimum atomic E-state index is -0.822. The van der Waals surface area contributed by atoms with Crippen molar-refractivity contribution in [2.75, 3.05) is 13.2 Å². The van der Waals surface area contributed by atoms with Crippen molar-refractivity contribution in [2.24, 2.45) is 0 Å². The van der Waals surface area contributed by atoms with E-state index >= 15 is 0 Å². The zero-order valence-corrected chi connectivity index (χ0v) is 10.5. The van der Waals surface area contributed by atoms with Gasteiger partial charge in [-0.25, -0.2) is 4.79 Å². The molecule has 4 nitrogen and oxygen atoms in total. The third-order valence-corrected chi connectivity index (χ3v) is 2.18. The molecule has 0 aliphatic heterocycles. The van der Waals surface area contributed by atoms with Crippen molar-refractivity contribution in [3.05, 3.63) is 48.0 Å². The molecule has 1 rings (SSSR count). The van der Waals surface area contributed by atoms with Gasteiger partial charge >= 0.3 is 5.97 Å². The van der Waals surface area contributed by atoms with Gasteiger partial charge in [-0.1, -0.05) is 36.9 Å². The van der Waals surface area contributed by atoms with Gasteiger partial charge in [0.05, 0.1) is 13.2 Å². The van der Waals surface area contributed by atoms with Gasteiger partial charge in [0, 0.05) is 5.57 Å². The van der Waals surface area contributed by atoms with Crippen molar-refractivity contribution in [1.82, 2.24) is 0 Å².